The van der Waals surface area contributed by atoms with Gasteiger partial charge in [0, 0.05) is 5.92 Å². The Morgan fingerprint density at radius 3 is 2.75 bits per heavy atom. The highest BCUT2D eigenvalue weighted by molar-refractivity contribution is 5.07. The normalized spacial score (nSPS) is 27.4. The molecule has 0 amide bonds. The molecule has 0 bridgehead atoms. The minimum atomic E-state index is 0.373. The zero-order valence-electron chi connectivity index (χ0n) is 9.74. The summed E-state index contributed by atoms with van der Waals surface area (Å²) in [5.41, 5.74) is 1.20. The molecule has 1 N–H and O–H groups in total. The van der Waals surface area contributed by atoms with Crippen molar-refractivity contribution in [3.63, 3.8) is 0 Å². The van der Waals surface area contributed by atoms with Crippen LogP contribution in [-0.2, 0) is 0 Å². The molecule has 88 valence electrons. The zero-order chi connectivity index (χ0) is 10.8. The number of rotatable bonds is 2. The molecule has 3 heteroatoms. The van der Waals surface area contributed by atoms with Gasteiger partial charge in [0.2, 0.25) is 5.89 Å². The Bertz CT molecular complexity index is 335. The summed E-state index contributed by atoms with van der Waals surface area (Å²) in [6.45, 7) is 1.10. The second-order valence-corrected chi connectivity index (χ2v) is 5.09. The van der Waals surface area contributed by atoms with Gasteiger partial charge in [-0.15, -0.1) is 0 Å². The van der Waals surface area contributed by atoms with E-state index in [1.165, 1.54) is 50.6 Å². The van der Waals surface area contributed by atoms with Gasteiger partial charge >= 0.3 is 0 Å². The molecule has 2 aliphatic rings. The van der Waals surface area contributed by atoms with Crippen LogP contribution in [0, 0.1) is 0 Å². The van der Waals surface area contributed by atoms with Gasteiger partial charge in [-0.1, -0.05) is 19.3 Å². The summed E-state index contributed by atoms with van der Waals surface area (Å²) in [5, 5.41) is 3.43. The fourth-order valence-corrected chi connectivity index (χ4v) is 2.94. The van der Waals surface area contributed by atoms with Crippen LogP contribution < -0.4 is 5.32 Å². The van der Waals surface area contributed by atoms with E-state index in [0.29, 0.717) is 12.0 Å². The molecule has 0 spiro atoms. The molecular weight excluding hydrogens is 200 g/mol. The summed E-state index contributed by atoms with van der Waals surface area (Å²) >= 11 is 0. The molecule has 0 radical (unpaired) electrons. The third-order valence-corrected chi connectivity index (χ3v) is 3.92. The summed E-state index contributed by atoms with van der Waals surface area (Å²) < 4.78 is 5.63. The van der Waals surface area contributed by atoms with Gasteiger partial charge in [0.25, 0.3) is 0 Å². The van der Waals surface area contributed by atoms with E-state index in [0.717, 1.165) is 12.4 Å². The van der Waals surface area contributed by atoms with Gasteiger partial charge in [-0.2, -0.15) is 0 Å². The number of oxazole rings is 1. The first-order valence-corrected chi connectivity index (χ1v) is 6.62. The fourth-order valence-electron chi connectivity index (χ4n) is 2.94. The maximum atomic E-state index is 5.63. The molecule has 1 aromatic rings. The maximum Gasteiger partial charge on any atom is 0.211 e. The first-order chi connectivity index (χ1) is 7.93. The first-order valence-electron chi connectivity index (χ1n) is 6.62. The largest absolute Gasteiger partial charge is 0.447 e. The van der Waals surface area contributed by atoms with Crippen molar-refractivity contribution < 1.29 is 4.42 Å². The van der Waals surface area contributed by atoms with Crippen LogP contribution in [0.4, 0.5) is 0 Å². The van der Waals surface area contributed by atoms with Gasteiger partial charge in [-0.25, -0.2) is 4.98 Å². The fraction of sp³-hybridized carbons (Fsp3) is 0.769. The third-order valence-electron chi connectivity index (χ3n) is 3.92. The van der Waals surface area contributed by atoms with E-state index in [2.05, 4.69) is 10.3 Å². The van der Waals surface area contributed by atoms with Crippen LogP contribution in [-0.4, -0.2) is 11.5 Å². The molecule has 1 aliphatic carbocycles. The number of aromatic nitrogens is 1. The monoisotopic (exact) mass is 220 g/mol. The lowest BCUT2D eigenvalue weighted by Crippen LogP contribution is -2.13. The van der Waals surface area contributed by atoms with Crippen molar-refractivity contribution in [3.05, 3.63) is 17.8 Å². The Balaban J connectivity index is 1.71. The molecule has 2 fully saturated rings. The van der Waals surface area contributed by atoms with Crippen molar-refractivity contribution in [2.75, 3.05) is 6.54 Å². The Morgan fingerprint density at radius 1 is 1.12 bits per heavy atom. The van der Waals surface area contributed by atoms with Crippen molar-refractivity contribution in [1.82, 2.24) is 10.3 Å². The Morgan fingerprint density at radius 2 is 2.00 bits per heavy atom. The molecular formula is C13H20N2O. The van der Waals surface area contributed by atoms with Crippen LogP contribution in [0.3, 0.4) is 0 Å². The van der Waals surface area contributed by atoms with Crippen molar-refractivity contribution in [1.29, 1.82) is 0 Å². The molecule has 1 atom stereocenters. The predicted molar refractivity (Wildman–Crippen MR) is 62.3 cm³/mol. The van der Waals surface area contributed by atoms with Crippen LogP contribution in [0.5, 0.6) is 0 Å². The second kappa shape index (κ2) is 4.58. The van der Waals surface area contributed by atoms with Crippen LogP contribution in [0.2, 0.25) is 0 Å². The first kappa shape index (κ1) is 10.3. The van der Waals surface area contributed by atoms with Gasteiger partial charge in [0.15, 0.2) is 0 Å². The lowest BCUT2D eigenvalue weighted by atomic mass is 9.87. The summed E-state index contributed by atoms with van der Waals surface area (Å²) in [5.74, 6) is 1.57. The molecule has 0 aromatic carbocycles. The summed E-state index contributed by atoms with van der Waals surface area (Å²) in [4.78, 5) is 4.69. The van der Waals surface area contributed by atoms with E-state index in [9.17, 15) is 0 Å². The molecule has 1 aromatic heterocycles. The topological polar surface area (TPSA) is 38.1 Å². The van der Waals surface area contributed by atoms with Crippen molar-refractivity contribution >= 4 is 0 Å². The molecule has 1 saturated carbocycles. The maximum absolute atomic E-state index is 5.63. The van der Waals surface area contributed by atoms with E-state index in [4.69, 9.17) is 4.42 Å². The molecule has 2 heterocycles. The average molecular weight is 220 g/mol. The van der Waals surface area contributed by atoms with Crippen LogP contribution in [0.1, 0.15) is 68.5 Å². The average Bonchev–Trinajstić information content (AvgIpc) is 3.01. The van der Waals surface area contributed by atoms with Gasteiger partial charge in [-0.3, -0.25) is 0 Å². The SMILES string of the molecule is c1oc([C@@H]2CCCN2)nc1C1CCCCC1. The lowest BCUT2D eigenvalue weighted by molar-refractivity contribution is 0.427. The Kier molecular flexibility index (Phi) is 2.96. The lowest BCUT2D eigenvalue weighted by Gasteiger charge is -2.18. The predicted octanol–water partition coefficient (Wildman–Crippen LogP) is 3.15. The standard InChI is InChI=1S/C13H20N2O/c1-2-5-10(6-3-1)12-9-16-13(15-12)11-7-4-8-14-11/h9-11,14H,1-8H2/t11-/m0/s1. The minimum Gasteiger partial charge on any atom is -0.447 e. The van der Waals surface area contributed by atoms with E-state index >= 15 is 0 Å². The number of nitrogens with one attached hydrogen (secondary N) is 1. The zero-order valence-corrected chi connectivity index (χ0v) is 9.74. The highest BCUT2D eigenvalue weighted by atomic mass is 16.3. The molecule has 3 nitrogen and oxygen atoms in total. The van der Waals surface area contributed by atoms with Crippen molar-refractivity contribution in [3.8, 4) is 0 Å². The summed E-state index contributed by atoms with van der Waals surface area (Å²) in [6, 6.07) is 0.373. The van der Waals surface area contributed by atoms with Gasteiger partial charge < -0.3 is 9.73 Å². The van der Waals surface area contributed by atoms with E-state index in [1.54, 1.807) is 0 Å². The molecule has 1 saturated heterocycles. The van der Waals surface area contributed by atoms with E-state index in [-0.39, 0.29) is 0 Å². The highest BCUT2D eigenvalue weighted by Crippen LogP contribution is 2.33. The molecule has 3 rings (SSSR count). The molecule has 16 heavy (non-hydrogen) atoms. The number of hydrogen-bond acceptors (Lipinski definition) is 3. The number of nitrogens with zero attached hydrogens (tertiary/aromatic N) is 1. The van der Waals surface area contributed by atoms with Gasteiger partial charge in [0.05, 0.1) is 11.7 Å². The van der Waals surface area contributed by atoms with E-state index in [1.807, 2.05) is 6.26 Å². The Labute approximate surface area is 96.6 Å². The summed E-state index contributed by atoms with van der Waals surface area (Å²) in [6.07, 6.45) is 11.0. The second-order valence-electron chi connectivity index (χ2n) is 5.09. The van der Waals surface area contributed by atoms with E-state index < -0.39 is 0 Å². The molecule has 1 aliphatic heterocycles. The minimum absolute atomic E-state index is 0.373. The van der Waals surface area contributed by atoms with Crippen molar-refractivity contribution in [2.24, 2.45) is 0 Å². The third kappa shape index (κ3) is 2.01. The van der Waals surface area contributed by atoms with Crippen LogP contribution in [0.15, 0.2) is 10.7 Å². The Hall–Kier alpha value is -0.830. The smallest absolute Gasteiger partial charge is 0.211 e. The quantitative estimate of drug-likeness (QED) is 0.832. The van der Waals surface area contributed by atoms with Gasteiger partial charge in [0.1, 0.15) is 6.26 Å². The number of hydrogen-bond donors (Lipinski definition) is 1. The van der Waals surface area contributed by atoms with Crippen molar-refractivity contribution in [2.45, 2.75) is 56.9 Å². The van der Waals surface area contributed by atoms with Crippen LogP contribution >= 0.6 is 0 Å². The summed E-state index contributed by atoms with van der Waals surface area (Å²) in [7, 11) is 0. The highest BCUT2D eigenvalue weighted by Gasteiger charge is 2.24. The van der Waals surface area contributed by atoms with Gasteiger partial charge in [-0.05, 0) is 32.2 Å². The van der Waals surface area contributed by atoms with Crippen LogP contribution in [0.25, 0.3) is 0 Å². The molecule has 0 unspecified atom stereocenters.